The van der Waals surface area contributed by atoms with E-state index in [9.17, 15) is 4.79 Å². The van der Waals surface area contributed by atoms with Gasteiger partial charge in [0, 0.05) is 11.3 Å². The van der Waals surface area contributed by atoms with E-state index < -0.39 is 0 Å². The van der Waals surface area contributed by atoms with Crippen LogP contribution in [0.15, 0.2) is 66.9 Å². The second kappa shape index (κ2) is 15.8. The van der Waals surface area contributed by atoms with Crippen molar-refractivity contribution >= 4 is 5.91 Å². The second-order valence-electron chi connectivity index (χ2n) is 3.28. The molecule has 1 aromatic rings. The molecule has 0 aromatic heterocycles. The third kappa shape index (κ3) is 10.2. The first kappa shape index (κ1) is 21.0. The van der Waals surface area contributed by atoms with Crippen molar-refractivity contribution in [1.29, 1.82) is 0 Å². The van der Waals surface area contributed by atoms with Crippen LogP contribution in [-0.2, 0) is 0 Å². The number of hydrogen-bond acceptors (Lipinski definition) is 2. The SMILES string of the molecule is C=C/C=C\C(=C/C)NNC(=O)c1ccccc1.CC.CC. The summed E-state index contributed by atoms with van der Waals surface area (Å²) in [7, 11) is 0. The largest absolute Gasteiger partial charge is 0.299 e. The Balaban J connectivity index is 0. The zero-order valence-corrected chi connectivity index (χ0v) is 13.8. The van der Waals surface area contributed by atoms with Gasteiger partial charge in [0.1, 0.15) is 0 Å². The molecule has 0 bridgehead atoms. The Morgan fingerprint density at radius 3 is 2.10 bits per heavy atom. The molecule has 0 fully saturated rings. The van der Waals surface area contributed by atoms with Crippen LogP contribution in [0.2, 0.25) is 0 Å². The van der Waals surface area contributed by atoms with Crippen molar-refractivity contribution in [3.8, 4) is 0 Å². The molecular formula is C18H28N2O. The lowest BCUT2D eigenvalue weighted by molar-refractivity contribution is 0.0939. The molecular weight excluding hydrogens is 260 g/mol. The van der Waals surface area contributed by atoms with E-state index in [1.807, 2.05) is 65.0 Å². The maximum absolute atomic E-state index is 11.7. The standard InChI is InChI=1S/C14H16N2O.2C2H6/c1-3-5-11-13(4-2)15-16-14(17)12-9-7-6-8-10-12;2*1-2/h3-11,15H,1H2,2H3,(H,16,17);2*1-2H3/b11-5-,13-4+;;. The maximum Gasteiger partial charge on any atom is 0.269 e. The third-order valence-corrected chi connectivity index (χ3v) is 2.08. The number of benzene rings is 1. The van der Waals surface area contributed by atoms with Crippen molar-refractivity contribution in [2.24, 2.45) is 0 Å². The van der Waals surface area contributed by atoms with E-state index in [1.165, 1.54) is 0 Å². The van der Waals surface area contributed by atoms with Gasteiger partial charge in [-0.2, -0.15) is 0 Å². The van der Waals surface area contributed by atoms with Crippen molar-refractivity contribution < 1.29 is 4.79 Å². The van der Waals surface area contributed by atoms with Crippen LogP contribution in [0, 0.1) is 0 Å². The molecule has 116 valence electrons. The van der Waals surface area contributed by atoms with Crippen molar-refractivity contribution in [3.63, 3.8) is 0 Å². The number of amides is 1. The van der Waals surface area contributed by atoms with Crippen LogP contribution in [0.5, 0.6) is 0 Å². The Kier molecular flexibility index (Phi) is 15.8. The Morgan fingerprint density at radius 2 is 1.62 bits per heavy atom. The fourth-order valence-electron chi connectivity index (χ4n) is 1.17. The molecule has 3 heteroatoms. The molecule has 3 nitrogen and oxygen atoms in total. The van der Waals surface area contributed by atoms with Crippen LogP contribution in [0.1, 0.15) is 45.0 Å². The minimum absolute atomic E-state index is 0.169. The van der Waals surface area contributed by atoms with Crippen LogP contribution in [-0.4, -0.2) is 5.91 Å². The molecule has 0 aliphatic heterocycles. The zero-order valence-electron chi connectivity index (χ0n) is 13.8. The highest BCUT2D eigenvalue weighted by molar-refractivity contribution is 5.93. The van der Waals surface area contributed by atoms with Gasteiger partial charge in [-0.1, -0.05) is 70.7 Å². The van der Waals surface area contributed by atoms with Gasteiger partial charge in [-0.05, 0) is 25.1 Å². The lowest BCUT2D eigenvalue weighted by Gasteiger charge is -2.08. The molecule has 2 N–H and O–H groups in total. The van der Waals surface area contributed by atoms with Gasteiger partial charge in [0.25, 0.3) is 5.91 Å². The summed E-state index contributed by atoms with van der Waals surface area (Å²) in [6.07, 6.45) is 7.13. The summed E-state index contributed by atoms with van der Waals surface area (Å²) in [5, 5.41) is 0. The first-order chi connectivity index (χ1) is 10.3. The second-order valence-corrected chi connectivity index (χ2v) is 3.28. The van der Waals surface area contributed by atoms with Gasteiger partial charge in [0.2, 0.25) is 0 Å². The van der Waals surface area contributed by atoms with Gasteiger partial charge >= 0.3 is 0 Å². The predicted molar refractivity (Wildman–Crippen MR) is 92.8 cm³/mol. The van der Waals surface area contributed by atoms with Crippen LogP contribution < -0.4 is 10.9 Å². The van der Waals surface area contributed by atoms with Crippen molar-refractivity contribution in [2.45, 2.75) is 34.6 Å². The topological polar surface area (TPSA) is 41.1 Å². The smallest absolute Gasteiger partial charge is 0.269 e. The highest BCUT2D eigenvalue weighted by atomic mass is 16.2. The first-order valence-corrected chi connectivity index (χ1v) is 7.34. The fraction of sp³-hybridized carbons (Fsp3) is 0.278. The normalized spacial score (nSPS) is 9.67. The maximum atomic E-state index is 11.7. The lowest BCUT2D eigenvalue weighted by atomic mass is 10.2. The number of rotatable bonds is 5. The molecule has 0 saturated carbocycles. The predicted octanol–water partition coefficient (Wildman–Crippen LogP) is 4.62. The summed E-state index contributed by atoms with van der Waals surface area (Å²) in [5.74, 6) is -0.169. The molecule has 1 rings (SSSR count). The Labute approximate surface area is 129 Å². The molecule has 0 spiro atoms. The molecule has 0 heterocycles. The molecule has 1 aromatic carbocycles. The fourth-order valence-corrected chi connectivity index (χ4v) is 1.17. The first-order valence-electron chi connectivity index (χ1n) is 7.34. The average molecular weight is 288 g/mol. The van der Waals surface area contributed by atoms with Gasteiger partial charge in [-0.15, -0.1) is 0 Å². The van der Waals surface area contributed by atoms with E-state index in [1.54, 1.807) is 24.3 Å². The zero-order chi connectivity index (χ0) is 16.5. The Morgan fingerprint density at radius 1 is 1.05 bits per heavy atom. The van der Waals surface area contributed by atoms with Gasteiger partial charge in [0.05, 0.1) is 0 Å². The minimum Gasteiger partial charge on any atom is -0.299 e. The number of carbonyl (C=O) groups is 1. The molecule has 0 atom stereocenters. The molecule has 0 aliphatic carbocycles. The van der Waals surface area contributed by atoms with Crippen LogP contribution >= 0.6 is 0 Å². The Bertz CT molecular complexity index is 434. The number of hydrogen-bond donors (Lipinski definition) is 2. The van der Waals surface area contributed by atoms with Gasteiger partial charge < -0.3 is 0 Å². The third-order valence-electron chi connectivity index (χ3n) is 2.08. The van der Waals surface area contributed by atoms with E-state index in [4.69, 9.17) is 0 Å². The van der Waals surface area contributed by atoms with Crippen molar-refractivity contribution in [2.75, 3.05) is 0 Å². The minimum atomic E-state index is -0.169. The summed E-state index contributed by atoms with van der Waals surface area (Å²) >= 11 is 0. The summed E-state index contributed by atoms with van der Waals surface area (Å²) < 4.78 is 0. The van der Waals surface area contributed by atoms with E-state index in [-0.39, 0.29) is 5.91 Å². The molecule has 0 unspecified atom stereocenters. The van der Waals surface area contributed by atoms with Gasteiger partial charge in [-0.3, -0.25) is 15.6 Å². The molecule has 1 amide bonds. The summed E-state index contributed by atoms with van der Waals surface area (Å²) in [6.45, 7) is 13.5. The Hall–Kier alpha value is -2.29. The number of nitrogens with one attached hydrogen (secondary N) is 2. The summed E-state index contributed by atoms with van der Waals surface area (Å²) in [6, 6.07) is 9.03. The van der Waals surface area contributed by atoms with E-state index in [0.717, 1.165) is 5.70 Å². The van der Waals surface area contributed by atoms with E-state index >= 15 is 0 Å². The van der Waals surface area contributed by atoms with Crippen molar-refractivity contribution in [1.82, 2.24) is 10.9 Å². The quantitative estimate of drug-likeness (QED) is 0.613. The average Bonchev–Trinajstić information content (AvgIpc) is 2.59. The summed E-state index contributed by atoms with van der Waals surface area (Å²) in [5.41, 5.74) is 6.86. The monoisotopic (exact) mass is 288 g/mol. The number of allylic oxidation sites excluding steroid dienone is 4. The molecule has 0 radical (unpaired) electrons. The summed E-state index contributed by atoms with van der Waals surface area (Å²) in [4.78, 5) is 11.7. The van der Waals surface area contributed by atoms with E-state index in [0.29, 0.717) is 5.56 Å². The molecule has 0 saturated heterocycles. The molecule has 21 heavy (non-hydrogen) atoms. The van der Waals surface area contributed by atoms with Crippen LogP contribution in [0.3, 0.4) is 0 Å². The highest BCUT2D eigenvalue weighted by Gasteiger charge is 2.02. The number of carbonyl (C=O) groups excluding carboxylic acids is 1. The highest BCUT2D eigenvalue weighted by Crippen LogP contribution is 1.97. The van der Waals surface area contributed by atoms with Crippen molar-refractivity contribution in [3.05, 3.63) is 72.5 Å². The van der Waals surface area contributed by atoms with Gasteiger partial charge in [-0.25, -0.2) is 0 Å². The van der Waals surface area contributed by atoms with E-state index in [2.05, 4.69) is 17.4 Å². The van der Waals surface area contributed by atoms with Gasteiger partial charge in [0.15, 0.2) is 0 Å². The van der Waals surface area contributed by atoms with Crippen LogP contribution in [0.25, 0.3) is 0 Å². The lowest BCUT2D eigenvalue weighted by Crippen LogP contribution is -2.36. The number of hydrazine groups is 1. The molecule has 0 aliphatic rings. The van der Waals surface area contributed by atoms with Crippen LogP contribution in [0.4, 0.5) is 0 Å².